The van der Waals surface area contributed by atoms with E-state index >= 15 is 0 Å². The molecule has 0 saturated heterocycles. The predicted octanol–water partition coefficient (Wildman–Crippen LogP) is 3.61. The zero-order valence-electron chi connectivity index (χ0n) is 16.8. The third-order valence-electron chi connectivity index (χ3n) is 4.64. The maximum Gasteiger partial charge on any atom is 0.320 e. The van der Waals surface area contributed by atoms with Gasteiger partial charge in [-0.3, -0.25) is 20.4 Å². The van der Waals surface area contributed by atoms with Crippen LogP contribution in [-0.2, 0) is 0 Å². The van der Waals surface area contributed by atoms with Gasteiger partial charge in [-0.1, -0.05) is 0 Å². The largest absolute Gasteiger partial charge is 0.497 e. The third kappa shape index (κ3) is 4.04. The van der Waals surface area contributed by atoms with Gasteiger partial charge in [-0.2, -0.15) is 5.10 Å². The van der Waals surface area contributed by atoms with E-state index in [2.05, 4.69) is 35.8 Å². The van der Waals surface area contributed by atoms with Crippen LogP contribution in [0.1, 0.15) is 24.4 Å². The summed E-state index contributed by atoms with van der Waals surface area (Å²) >= 11 is 0. The first-order valence-corrected chi connectivity index (χ1v) is 9.38. The molecule has 0 saturated carbocycles. The molecule has 0 aliphatic rings. The van der Waals surface area contributed by atoms with Gasteiger partial charge in [0, 0.05) is 47.4 Å². The van der Waals surface area contributed by atoms with Crippen LogP contribution in [0, 0.1) is 6.92 Å². The van der Waals surface area contributed by atoms with Gasteiger partial charge >= 0.3 is 6.03 Å². The number of aromatic nitrogens is 5. The molecule has 4 heterocycles. The summed E-state index contributed by atoms with van der Waals surface area (Å²) in [6.07, 6.45) is 5.07. The summed E-state index contributed by atoms with van der Waals surface area (Å²) in [6, 6.07) is 8.44. The molecule has 0 aliphatic carbocycles. The van der Waals surface area contributed by atoms with Gasteiger partial charge in [0.05, 0.1) is 24.4 Å². The molecule has 4 aromatic rings. The van der Waals surface area contributed by atoms with Gasteiger partial charge in [0.25, 0.3) is 0 Å². The Kier molecular flexibility index (Phi) is 5.25. The van der Waals surface area contributed by atoms with Crippen molar-refractivity contribution >= 4 is 22.8 Å². The van der Waals surface area contributed by atoms with Crippen LogP contribution >= 0.6 is 0 Å². The number of aryl methyl sites for hydroxylation is 1. The number of hydrogen-bond donors (Lipinski definition) is 3. The lowest BCUT2D eigenvalue weighted by Gasteiger charge is -2.14. The quantitative estimate of drug-likeness (QED) is 0.468. The van der Waals surface area contributed by atoms with Gasteiger partial charge in [0.1, 0.15) is 17.3 Å². The molecule has 0 radical (unpaired) electrons. The highest BCUT2D eigenvalue weighted by Crippen LogP contribution is 2.27. The number of H-pyrrole nitrogens is 1. The Labute approximate surface area is 172 Å². The number of nitrogens with zero attached hydrogens (tertiary/aromatic N) is 4. The second-order valence-electron chi connectivity index (χ2n) is 6.81. The lowest BCUT2D eigenvalue weighted by molar-refractivity contribution is 0.249. The van der Waals surface area contributed by atoms with Crippen molar-refractivity contribution < 1.29 is 9.53 Å². The van der Waals surface area contributed by atoms with Crippen molar-refractivity contribution in [2.45, 2.75) is 19.9 Å². The summed E-state index contributed by atoms with van der Waals surface area (Å²) in [5, 5.41) is 13.8. The number of urea groups is 1. The van der Waals surface area contributed by atoms with E-state index < -0.39 is 0 Å². The van der Waals surface area contributed by atoms with Crippen molar-refractivity contribution in [1.29, 1.82) is 0 Å². The fourth-order valence-corrected chi connectivity index (χ4v) is 3.11. The molecular formula is C21H21N7O2. The monoisotopic (exact) mass is 403 g/mol. The number of hydrogen-bond acceptors (Lipinski definition) is 6. The molecule has 0 unspecified atom stereocenters. The summed E-state index contributed by atoms with van der Waals surface area (Å²) in [4.78, 5) is 25.2. The summed E-state index contributed by atoms with van der Waals surface area (Å²) in [5.74, 6) is 1.09. The van der Waals surface area contributed by atoms with Crippen molar-refractivity contribution in [3.8, 4) is 17.0 Å². The average Bonchev–Trinajstić information content (AvgIpc) is 3.17. The molecule has 9 heteroatoms. The molecule has 4 aromatic heterocycles. The maximum atomic E-state index is 12.4. The van der Waals surface area contributed by atoms with Crippen LogP contribution in [0.3, 0.4) is 0 Å². The standard InChI is InChI=1S/C21H21N7O2/c1-12-8-14(4-6-22-12)20-16-11-24-19(10-18(16)27-28-20)26-21(29)25-13(2)17-9-15(30-3)5-7-23-17/h4-11,13H,1-3H3,(H,27,28)(H2,24,25,26,29)/t13-/m0/s1. The molecule has 30 heavy (non-hydrogen) atoms. The van der Waals surface area contributed by atoms with E-state index in [4.69, 9.17) is 4.74 Å². The number of amides is 2. The van der Waals surface area contributed by atoms with E-state index in [0.717, 1.165) is 27.9 Å². The Morgan fingerprint density at radius 2 is 1.97 bits per heavy atom. The van der Waals surface area contributed by atoms with Crippen LogP contribution in [0.4, 0.5) is 10.6 Å². The minimum atomic E-state index is -0.386. The molecule has 4 rings (SSSR count). The van der Waals surface area contributed by atoms with Crippen molar-refractivity contribution in [2.75, 3.05) is 12.4 Å². The first-order valence-electron chi connectivity index (χ1n) is 9.38. The zero-order valence-corrected chi connectivity index (χ0v) is 16.8. The number of nitrogens with one attached hydrogen (secondary N) is 3. The average molecular weight is 403 g/mol. The van der Waals surface area contributed by atoms with Gasteiger partial charge in [0.15, 0.2) is 0 Å². The summed E-state index contributed by atoms with van der Waals surface area (Å²) in [5.41, 5.74) is 4.11. The number of fused-ring (bicyclic) bond motifs is 1. The van der Waals surface area contributed by atoms with Gasteiger partial charge in [-0.15, -0.1) is 0 Å². The van der Waals surface area contributed by atoms with Crippen molar-refractivity contribution in [3.63, 3.8) is 0 Å². The highest BCUT2D eigenvalue weighted by Gasteiger charge is 2.14. The van der Waals surface area contributed by atoms with Gasteiger partial charge in [-0.05, 0) is 32.0 Å². The van der Waals surface area contributed by atoms with E-state index in [1.165, 1.54) is 0 Å². The Morgan fingerprint density at radius 3 is 2.77 bits per heavy atom. The number of aromatic amines is 1. The van der Waals surface area contributed by atoms with Gasteiger partial charge < -0.3 is 10.1 Å². The molecular weight excluding hydrogens is 382 g/mol. The minimum absolute atomic E-state index is 0.308. The number of ether oxygens (including phenoxy) is 1. The van der Waals surface area contributed by atoms with Crippen LogP contribution in [0.15, 0.2) is 48.9 Å². The summed E-state index contributed by atoms with van der Waals surface area (Å²) in [6.45, 7) is 3.77. The molecule has 3 N–H and O–H groups in total. The number of carbonyl (C=O) groups excluding carboxylic acids is 1. The first-order chi connectivity index (χ1) is 14.5. The second kappa shape index (κ2) is 8.16. The smallest absolute Gasteiger partial charge is 0.320 e. The number of carbonyl (C=O) groups is 1. The van der Waals surface area contributed by atoms with Crippen LogP contribution in [0.2, 0.25) is 0 Å². The minimum Gasteiger partial charge on any atom is -0.497 e. The van der Waals surface area contributed by atoms with E-state index in [1.807, 2.05) is 26.0 Å². The highest BCUT2D eigenvalue weighted by atomic mass is 16.5. The number of rotatable bonds is 5. The highest BCUT2D eigenvalue weighted by molar-refractivity contribution is 5.95. The lowest BCUT2D eigenvalue weighted by Crippen LogP contribution is -2.31. The Balaban J connectivity index is 1.48. The normalized spacial score (nSPS) is 11.8. The molecule has 0 spiro atoms. The van der Waals surface area contributed by atoms with E-state index in [0.29, 0.717) is 17.3 Å². The van der Waals surface area contributed by atoms with E-state index in [9.17, 15) is 4.79 Å². The maximum absolute atomic E-state index is 12.4. The van der Waals surface area contributed by atoms with Crippen molar-refractivity contribution in [3.05, 3.63) is 60.3 Å². The first kappa shape index (κ1) is 19.3. The van der Waals surface area contributed by atoms with Crippen LogP contribution in [0.25, 0.3) is 22.2 Å². The van der Waals surface area contributed by atoms with Gasteiger partial charge in [0.2, 0.25) is 0 Å². The molecule has 152 valence electrons. The van der Waals surface area contributed by atoms with E-state index in [-0.39, 0.29) is 12.1 Å². The van der Waals surface area contributed by atoms with Crippen LogP contribution in [0.5, 0.6) is 5.75 Å². The van der Waals surface area contributed by atoms with Crippen molar-refractivity contribution in [1.82, 2.24) is 30.5 Å². The molecule has 1 atom stereocenters. The fourth-order valence-electron chi connectivity index (χ4n) is 3.11. The topological polar surface area (TPSA) is 118 Å². The number of anilines is 1. The van der Waals surface area contributed by atoms with Crippen LogP contribution in [-0.4, -0.2) is 38.3 Å². The predicted molar refractivity (Wildman–Crippen MR) is 113 cm³/mol. The number of pyridine rings is 3. The van der Waals surface area contributed by atoms with Crippen molar-refractivity contribution in [2.24, 2.45) is 0 Å². The second-order valence-corrected chi connectivity index (χ2v) is 6.81. The Morgan fingerprint density at radius 1 is 1.13 bits per heavy atom. The molecule has 0 aromatic carbocycles. The summed E-state index contributed by atoms with van der Waals surface area (Å²) in [7, 11) is 1.59. The fraction of sp³-hybridized carbons (Fsp3) is 0.190. The van der Waals surface area contributed by atoms with Crippen LogP contribution < -0.4 is 15.4 Å². The molecule has 9 nitrogen and oxygen atoms in total. The molecule has 0 fully saturated rings. The zero-order chi connectivity index (χ0) is 21.1. The molecule has 0 bridgehead atoms. The third-order valence-corrected chi connectivity index (χ3v) is 4.64. The molecule has 0 aliphatic heterocycles. The Hall–Kier alpha value is -4.01. The van der Waals surface area contributed by atoms with Gasteiger partial charge in [-0.25, -0.2) is 9.78 Å². The Bertz CT molecular complexity index is 1200. The number of methoxy groups -OCH3 is 1. The summed E-state index contributed by atoms with van der Waals surface area (Å²) < 4.78 is 5.20. The lowest BCUT2D eigenvalue weighted by atomic mass is 10.1. The molecule has 2 amide bonds. The van der Waals surface area contributed by atoms with E-state index in [1.54, 1.807) is 43.9 Å². The SMILES string of the molecule is COc1ccnc([C@H](C)NC(=O)Nc2cc3[nH]nc(-c4ccnc(C)c4)c3cn2)c1.